The summed E-state index contributed by atoms with van der Waals surface area (Å²) in [4.78, 5) is 4.80. The van der Waals surface area contributed by atoms with E-state index in [0.29, 0.717) is 0 Å². The molecule has 4 nitrogen and oxygen atoms in total. The van der Waals surface area contributed by atoms with Crippen LogP contribution in [0.4, 0.5) is 5.69 Å². The van der Waals surface area contributed by atoms with Gasteiger partial charge in [0.25, 0.3) is 0 Å². The van der Waals surface area contributed by atoms with E-state index in [-0.39, 0.29) is 0 Å². The Morgan fingerprint density at radius 2 is 1.86 bits per heavy atom. The summed E-state index contributed by atoms with van der Waals surface area (Å²) in [5, 5.41) is 5.92. The molecule has 1 aromatic heterocycles. The Morgan fingerprint density at radius 3 is 2.45 bits per heavy atom. The van der Waals surface area contributed by atoms with E-state index < -0.39 is 0 Å². The van der Waals surface area contributed by atoms with Crippen LogP contribution in [0.2, 0.25) is 10.2 Å². The average molecular weight is 339 g/mol. The third-order valence-electron chi connectivity index (χ3n) is 4.20. The molecule has 0 atom stereocenters. The van der Waals surface area contributed by atoms with E-state index in [0.717, 1.165) is 54.2 Å². The van der Waals surface area contributed by atoms with Gasteiger partial charge in [-0.05, 0) is 25.1 Å². The molecule has 0 N–H and O–H groups in total. The van der Waals surface area contributed by atoms with Crippen molar-refractivity contribution in [2.75, 3.05) is 31.1 Å². The highest BCUT2D eigenvalue weighted by molar-refractivity contribution is 6.31. The van der Waals surface area contributed by atoms with Crippen LogP contribution in [0.15, 0.2) is 24.3 Å². The fourth-order valence-corrected chi connectivity index (χ4v) is 3.33. The fourth-order valence-electron chi connectivity index (χ4n) is 2.91. The number of nitrogens with zero attached hydrogens (tertiary/aromatic N) is 4. The Morgan fingerprint density at radius 1 is 1.14 bits per heavy atom. The minimum atomic E-state index is 0.745. The minimum absolute atomic E-state index is 0.745. The molecule has 1 fully saturated rings. The van der Waals surface area contributed by atoms with Gasteiger partial charge in [-0.15, -0.1) is 0 Å². The molecule has 0 bridgehead atoms. The highest BCUT2D eigenvalue weighted by Crippen LogP contribution is 2.23. The molecule has 118 valence electrons. The maximum atomic E-state index is 6.32. The lowest BCUT2D eigenvalue weighted by atomic mass is 10.2. The first-order valence-electron chi connectivity index (χ1n) is 7.45. The Bertz CT molecular complexity index is 660. The molecule has 22 heavy (non-hydrogen) atoms. The van der Waals surface area contributed by atoms with Crippen molar-refractivity contribution in [2.24, 2.45) is 7.05 Å². The summed E-state index contributed by atoms with van der Waals surface area (Å²) < 4.78 is 1.74. The summed E-state index contributed by atoms with van der Waals surface area (Å²) in [7, 11) is 1.88. The summed E-state index contributed by atoms with van der Waals surface area (Å²) in [6.45, 7) is 6.90. The van der Waals surface area contributed by atoms with E-state index in [1.54, 1.807) is 4.68 Å². The van der Waals surface area contributed by atoms with Crippen LogP contribution < -0.4 is 4.90 Å². The first kappa shape index (κ1) is 15.7. The second kappa shape index (κ2) is 6.49. The largest absolute Gasteiger partial charge is 0.369 e. The van der Waals surface area contributed by atoms with Gasteiger partial charge in [0.2, 0.25) is 0 Å². The van der Waals surface area contributed by atoms with Crippen LogP contribution in [0.3, 0.4) is 0 Å². The molecule has 1 aromatic carbocycles. The summed E-state index contributed by atoms with van der Waals surface area (Å²) in [5.74, 6) is 0. The number of hydrogen-bond acceptors (Lipinski definition) is 3. The lowest BCUT2D eigenvalue weighted by Crippen LogP contribution is -2.46. The maximum Gasteiger partial charge on any atom is 0.131 e. The van der Waals surface area contributed by atoms with Gasteiger partial charge in [-0.2, -0.15) is 5.10 Å². The van der Waals surface area contributed by atoms with Crippen LogP contribution in [0.5, 0.6) is 0 Å². The Kier molecular flexibility index (Phi) is 4.62. The lowest BCUT2D eigenvalue weighted by Gasteiger charge is -2.36. The summed E-state index contributed by atoms with van der Waals surface area (Å²) in [5.41, 5.74) is 3.35. The molecule has 1 aliphatic heterocycles. The SMILES string of the molecule is Cc1nn(C)c(Cl)c1CN1CCN(c2cccc(Cl)c2)CC1. The topological polar surface area (TPSA) is 24.3 Å². The first-order chi connectivity index (χ1) is 10.5. The zero-order chi connectivity index (χ0) is 15.7. The van der Waals surface area contributed by atoms with Crippen molar-refractivity contribution >= 4 is 28.9 Å². The number of halogens is 2. The van der Waals surface area contributed by atoms with Crippen molar-refractivity contribution in [2.45, 2.75) is 13.5 Å². The molecule has 6 heteroatoms. The number of anilines is 1. The molecule has 0 aliphatic carbocycles. The van der Waals surface area contributed by atoms with Gasteiger partial charge in [0.1, 0.15) is 5.15 Å². The number of rotatable bonds is 3. The van der Waals surface area contributed by atoms with Gasteiger partial charge in [0, 0.05) is 56.0 Å². The molecular weight excluding hydrogens is 319 g/mol. The predicted molar refractivity (Wildman–Crippen MR) is 91.9 cm³/mol. The van der Waals surface area contributed by atoms with Crippen molar-refractivity contribution in [3.05, 3.63) is 45.7 Å². The van der Waals surface area contributed by atoms with Crippen LogP contribution in [-0.4, -0.2) is 40.9 Å². The smallest absolute Gasteiger partial charge is 0.131 e. The van der Waals surface area contributed by atoms with Gasteiger partial charge in [-0.25, -0.2) is 0 Å². The lowest BCUT2D eigenvalue weighted by molar-refractivity contribution is 0.249. The van der Waals surface area contributed by atoms with E-state index in [1.165, 1.54) is 5.69 Å². The summed E-state index contributed by atoms with van der Waals surface area (Å²) in [6.07, 6.45) is 0. The molecule has 0 amide bonds. The van der Waals surface area contributed by atoms with E-state index in [9.17, 15) is 0 Å². The number of aromatic nitrogens is 2. The van der Waals surface area contributed by atoms with Crippen LogP contribution >= 0.6 is 23.2 Å². The molecular formula is C16H20Cl2N4. The van der Waals surface area contributed by atoms with Crippen molar-refractivity contribution in [1.29, 1.82) is 0 Å². The number of hydrogen-bond donors (Lipinski definition) is 0. The molecule has 3 rings (SSSR count). The van der Waals surface area contributed by atoms with Crippen molar-refractivity contribution in [3.63, 3.8) is 0 Å². The molecule has 0 radical (unpaired) electrons. The van der Waals surface area contributed by atoms with E-state index in [4.69, 9.17) is 23.2 Å². The second-order valence-electron chi connectivity index (χ2n) is 5.72. The Hall–Kier alpha value is -1.23. The van der Waals surface area contributed by atoms with Gasteiger partial charge in [-0.1, -0.05) is 29.3 Å². The van der Waals surface area contributed by atoms with Crippen molar-refractivity contribution < 1.29 is 0 Å². The normalized spacial score (nSPS) is 16.3. The van der Waals surface area contributed by atoms with Crippen LogP contribution in [-0.2, 0) is 13.6 Å². The standard InChI is InChI=1S/C16H20Cl2N4/c1-12-15(16(18)20(2)19-12)11-21-6-8-22(9-7-21)14-5-3-4-13(17)10-14/h3-5,10H,6-9,11H2,1-2H3. The second-order valence-corrected chi connectivity index (χ2v) is 6.52. The molecule has 0 saturated carbocycles. The highest BCUT2D eigenvalue weighted by Gasteiger charge is 2.20. The van der Waals surface area contributed by atoms with Crippen LogP contribution in [0.25, 0.3) is 0 Å². The molecule has 1 saturated heterocycles. The van der Waals surface area contributed by atoms with Gasteiger partial charge in [-0.3, -0.25) is 9.58 Å². The number of benzene rings is 1. The summed E-state index contributed by atoms with van der Waals surface area (Å²) >= 11 is 12.4. The Labute approximate surface area is 141 Å². The maximum absolute atomic E-state index is 6.32. The van der Waals surface area contributed by atoms with E-state index in [1.807, 2.05) is 32.2 Å². The zero-order valence-corrected chi connectivity index (χ0v) is 14.4. The number of aryl methyl sites for hydroxylation is 2. The predicted octanol–water partition coefficient (Wildman–Crippen LogP) is 3.36. The molecule has 0 unspecified atom stereocenters. The van der Waals surface area contributed by atoms with E-state index >= 15 is 0 Å². The first-order valence-corrected chi connectivity index (χ1v) is 8.21. The Balaban J connectivity index is 1.62. The van der Waals surface area contributed by atoms with Gasteiger partial charge in [0.05, 0.1) is 5.69 Å². The monoisotopic (exact) mass is 338 g/mol. The quantitative estimate of drug-likeness (QED) is 0.857. The highest BCUT2D eigenvalue weighted by atomic mass is 35.5. The van der Waals surface area contributed by atoms with Gasteiger partial charge in [0.15, 0.2) is 0 Å². The van der Waals surface area contributed by atoms with Crippen LogP contribution in [0, 0.1) is 6.92 Å². The zero-order valence-electron chi connectivity index (χ0n) is 12.9. The average Bonchev–Trinajstić information content (AvgIpc) is 2.74. The third-order valence-corrected chi connectivity index (χ3v) is 4.91. The van der Waals surface area contributed by atoms with Gasteiger partial charge < -0.3 is 4.90 Å². The number of piperazine rings is 1. The molecule has 2 aromatic rings. The molecule has 0 spiro atoms. The fraction of sp³-hybridized carbons (Fsp3) is 0.438. The minimum Gasteiger partial charge on any atom is -0.369 e. The third kappa shape index (κ3) is 3.24. The molecule has 1 aliphatic rings. The van der Waals surface area contributed by atoms with E-state index in [2.05, 4.69) is 21.0 Å². The summed E-state index contributed by atoms with van der Waals surface area (Å²) in [6, 6.07) is 8.06. The van der Waals surface area contributed by atoms with Gasteiger partial charge >= 0.3 is 0 Å². The van der Waals surface area contributed by atoms with Crippen LogP contribution in [0.1, 0.15) is 11.3 Å². The molecule has 2 heterocycles. The van der Waals surface area contributed by atoms with Crippen molar-refractivity contribution in [3.8, 4) is 0 Å². The van der Waals surface area contributed by atoms with Crippen molar-refractivity contribution in [1.82, 2.24) is 14.7 Å².